The highest BCUT2D eigenvalue weighted by molar-refractivity contribution is 7.88. The number of guanidine groups is 1. The van der Waals surface area contributed by atoms with Gasteiger partial charge in [-0.2, -0.15) is 5.26 Å². The quantitative estimate of drug-likeness (QED) is 0.0615. The molecule has 13 nitrogen and oxygen atoms in total. The minimum Gasteiger partial charge on any atom is -0.370 e. The van der Waals surface area contributed by atoms with Gasteiger partial charge >= 0.3 is 0 Å². The van der Waals surface area contributed by atoms with Gasteiger partial charge in [-0.15, -0.1) is 11.3 Å². The first-order chi connectivity index (χ1) is 21.1. The second-order valence-electron chi connectivity index (χ2n) is 9.74. The minimum absolute atomic E-state index is 0.0163. The molecule has 7 N–H and O–H groups in total. The molecule has 0 bridgehead atoms. The van der Waals surface area contributed by atoms with Crippen LogP contribution in [0.1, 0.15) is 40.2 Å². The first-order valence-corrected chi connectivity index (χ1v) is 16.2. The van der Waals surface area contributed by atoms with Crippen molar-refractivity contribution in [1.29, 1.82) is 5.26 Å². The van der Waals surface area contributed by atoms with Crippen LogP contribution in [0.15, 0.2) is 77.2 Å². The molecule has 15 heteroatoms. The number of carbonyl (C=O) groups is 3. The largest absolute Gasteiger partial charge is 0.370 e. The van der Waals surface area contributed by atoms with E-state index in [0.29, 0.717) is 17.5 Å². The van der Waals surface area contributed by atoms with E-state index in [4.69, 9.17) is 11.5 Å². The van der Waals surface area contributed by atoms with E-state index in [0.717, 1.165) is 11.3 Å². The number of nitrogens with zero attached hydrogens (tertiary/aromatic N) is 3. The fraction of sp³-hybridized carbons (Fsp3) is 0.310. The minimum atomic E-state index is -4.00. The van der Waals surface area contributed by atoms with Gasteiger partial charge in [-0.1, -0.05) is 60.7 Å². The van der Waals surface area contributed by atoms with Crippen LogP contribution < -0.4 is 26.8 Å². The van der Waals surface area contributed by atoms with Gasteiger partial charge in [-0.25, -0.2) is 18.1 Å². The molecule has 1 heterocycles. The summed E-state index contributed by atoms with van der Waals surface area (Å²) in [5, 5.41) is 16.4. The lowest BCUT2D eigenvalue weighted by molar-refractivity contribution is -0.130. The number of aliphatic imine (C=N–C) groups is 1. The highest BCUT2D eigenvalue weighted by Gasteiger charge is 2.31. The third kappa shape index (κ3) is 11.2. The smallest absolute Gasteiger partial charge is 0.244 e. The van der Waals surface area contributed by atoms with Crippen molar-refractivity contribution in [2.75, 3.05) is 6.54 Å². The summed E-state index contributed by atoms with van der Waals surface area (Å²) >= 11 is 1.10. The van der Waals surface area contributed by atoms with Crippen molar-refractivity contribution in [3.05, 3.63) is 88.4 Å². The number of aromatic nitrogens is 1. The predicted octanol–water partition coefficient (Wildman–Crippen LogP) is 0.994. The van der Waals surface area contributed by atoms with E-state index >= 15 is 0 Å². The van der Waals surface area contributed by atoms with Crippen LogP contribution in [0.5, 0.6) is 0 Å². The number of hydrogen-bond donors (Lipinski definition) is 5. The Balaban J connectivity index is 1.78. The maximum Gasteiger partial charge on any atom is 0.244 e. The lowest BCUT2D eigenvalue weighted by Gasteiger charge is -2.24. The third-order valence-corrected chi connectivity index (χ3v) is 8.41. The van der Waals surface area contributed by atoms with Gasteiger partial charge in [0.05, 0.1) is 24.3 Å². The number of nitrogens with two attached hydrogens (primary N) is 2. The molecule has 1 aromatic heterocycles. The maximum absolute atomic E-state index is 13.5. The van der Waals surface area contributed by atoms with Gasteiger partial charge in [0, 0.05) is 18.1 Å². The van der Waals surface area contributed by atoms with Crippen molar-refractivity contribution in [3.63, 3.8) is 0 Å². The highest BCUT2D eigenvalue weighted by Crippen LogP contribution is 2.13. The van der Waals surface area contributed by atoms with Crippen LogP contribution in [0.2, 0.25) is 0 Å². The Hall–Kier alpha value is -4.65. The third-order valence-electron chi connectivity index (χ3n) is 6.27. The highest BCUT2D eigenvalue weighted by atomic mass is 32.2. The van der Waals surface area contributed by atoms with E-state index in [1.165, 1.54) is 6.20 Å². The van der Waals surface area contributed by atoms with Gasteiger partial charge in [0.25, 0.3) is 0 Å². The van der Waals surface area contributed by atoms with Crippen LogP contribution in [0.25, 0.3) is 0 Å². The van der Waals surface area contributed by atoms with Crippen molar-refractivity contribution in [3.8, 4) is 6.07 Å². The molecule has 0 radical (unpaired) electrons. The molecule has 0 saturated carbocycles. The average Bonchev–Trinajstić information content (AvgIpc) is 3.53. The van der Waals surface area contributed by atoms with Crippen LogP contribution in [-0.4, -0.2) is 61.6 Å². The summed E-state index contributed by atoms with van der Waals surface area (Å²) in [5.41, 5.74) is 11.9. The van der Waals surface area contributed by atoms with Gasteiger partial charge in [-0.05, 0) is 30.4 Å². The molecule has 232 valence electrons. The summed E-state index contributed by atoms with van der Waals surface area (Å²) in [7, 11) is -4.00. The van der Waals surface area contributed by atoms with E-state index < -0.39 is 52.2 Å². The van der Waals surface area contributed by atoms with Crippen LogP contribution in [0.3, 0.4) is 0 Å². The van der Waals surface area contributed by atoms with E-state index in [1.54, 1.807) is 66.0 Å². The fourth-order valence-electron chi connectivity index (χ4n) is 4.20. The number of carbonyl (C=O) groups excluding carboxylic acids is 3. The van der Waals surface area contributed by atoms with Crippen LogP contribution in [0, 0.1) is 11.3 Å². The van der Waals surface area contributed by atoms with Crippen molar-refractivity contribution < 1.29 is 22.8 Å². The van der Waals surface area contributed by atoms with Crippen LogP contribution in [-0.2, 0) is 31.8 Å². The number of nitrogens with one attached hydrogen (secondary N) is 3. The zero-order chi connectivity index (χ0) is 32.0. The van der Waals surface area contributed by atoms with Gasteiger partial charge in [0.2, 0.25) is 27.6 Å². The maximum atomic E-state index is 13.5. The molecule has 3 rings (SSSR count). The number of nitriles is 1. The lowest BCUT2D eigenvalue weighted by atomic mass is 10.0. The fourth-order valence-corrected chi connectivity index (χ4v) is 6.17. The van der Waals surface area contributed by atoms with E-state index in [-0.39, 0.29) is 36.1 Å². The average molecular weight is 639 g/mol. The summed E-state index contributed by atoms with van der Waals surface area (Å²) in [6, 6.07) is 15.4. The molecule has 3 atom stereocenters. The molecule has 3 aromatic rings. The summed E-state index contributed by atoms with van der Waals surface area (Å²) < 4.78 is 28.6. The Morgan fingerprint density at radius 1 is 0.932 bits per heavy atom. The van der Waals surface area contributed by atoms with Gasteiger partial charge < -0.3 is 22.1 Å². The van der Waals surface area contributed by atoms with E-state index in [9.17, 15) is 28.1 Å². The molecular weight excluding hydrogens is 605 g/mol. The van der Waals surface area contributed by atoms with Crippen molar-refractivity contribution in [2.45, 2.75) is 49.6 Å². The summed E-state index contributed by atoms with van der Waals surface area (Å²) in [4.78, 5) is 47.9. The Morgan fingerprint density at radius 2 is 1.55 bits per heavy atom. The Labute approximate surface area is 259 Å². The first-order valence-electron chi connectivity index (χ1n) is 13.6. The number of rotatable bonds is 17. The molecule has 0 spiro atoms. The van der Waals surface area contributed by atoms with Gasteiger partial charge in [0.1, 0.15) is 12.1 Å². The number of benzene rings is 2. The molecular formula is C29H34N8O5S2. The van der Waals surface area contributed by atoms with Gasteiger partial charge in [-0.3, -0.25) is 19.4 Å². The molecule has 3 unspecified atom stereocenters. The molecule has 44 heavy (non-hydrogen) atoms. The summed E-state index contributed by atoms with van der Waals surface area (Å²) in [6.07, 6.45) is 1.51. The molecule has 2 aromatic carbocycles. The SMILES string of the molecule is N#CCC(NC(=O)C(Cc1ccccc1)NS(=O)(=O)Cc1ccccc1)C(=O)NC(CCCN=C(N)N)C(=O)c1nccs1. The normalized spacial score (nSPS) is 13.1. The molecule has 0 saturated heterocycles. The van der Waals surface area contributed by atoms with Crippen LogP contribution >= 0.6 is 11.3 Å². The van der Waals surface area contributed by atoms with E-state index in [1.807, 2.05) is 6.07 Å². The zero-order valence-corrected chi connectivity index (χ0v) is 25.4. The number of amides is 2. The first kappa shape index (κ1) is 33.8. The van der Waals surface area contributed by atoms with E-state index in [2.05, 4.69) is 25.3 Å². The monoisotopic (exact) mass is 638 g/mol. The Kier molecular flexibility index (Phi) is 13.0. The number of ketones is 1. The van der Waals surface area contributed by atoms with Crippen molar-refractivity contribution in [2.24, 2.45) is 16.5 Å². The summed E-state index contributed by atoms with van der Waals surface area (Å²) in [5.74, 6) is -2.53. The summed E-state index contributed by atoms with van der Waals surface area (Å²) in [6.45, 7) is 0.211. The Bertz CT molecular complexity index is 1560. The van der Waals surface area contributed by atoms with Gasteiger partial charge in [0.15, 0.2) is 11.0 Å². The lowest BCUT2D eigenvalue weighted by Crippen LogP contribution is -2.56. The molecule has 0 aliphatic carbocycles. The Morgan fingerprint density at radius 3 is 2.14 bits per heavy atom. The molecule has 0 fully saturated rings. The standard InChI is InChI=1S/C29H34N8O5S2/c30-14-13-23(26(39)35-22(12-7-15-34-29(31)32)25(38)28-33-16-17-43-28)36-27(40)24(18-20-8-3-1-4-9-20)37-44(41,42)19-21-10-5-2-6-11-21/h1-6,8-11,16-17,22-24,37H,7,12-13,15,18-19H2,(H,35,39)(H,36,40)(H4,31,32,34). The topological polar surface area (TPSA) is 223 Å². The molecule has 2 amide bonds. The zero-order valence-electron chi connectivity index (χ0n) is 23.8. The number of thiazole rings is 1. The number of hydrogen-bond acceptors (Lipinski definition) is 9. The van der Waals surface area contributed by atoms with Crippen molar-refractivity contribution in [1.82, 2.24) is 20.3 Å². The predicted molar refractivity (Wildman–Crippen MR) is 167 cm³/mol. The number of sulfonamides is 1. The molecule has 0 aliphatic heterocycles. The van der Waals surface area contributed by atoms with Crippen LogP contribution in [0.4, 0.5) is 0 Å². The molecule has 0 aliphatic rings. The van der Waals surface area contributed by atoms with Crippen molar-refractivity contribution >= 4 is 44.9 Å². The second-order valence-corrected chi connectivity index (χ2v) is 12.4. The second kappa shape index (κ2) is 16.8. The number of Topliss-reactive ketones (excluding diaryl/α,β-unsaturated/α-hetero) is 1.